The van der Waals surface area contributed by atoms with Crippen LogP contribution in [0.4, 0.5) is 4.79 Å². The van der Waals surface area contributed by atoms with E-state index in [9.17, 15) is 4.79 Å². The van der Waals surface area contributed by atoms with Gasteiger partial charge < -0.3 is 15.5 Å². The summed E-state index contributed by atoms with van der Waals surface area (Å²) in [6.07, 6.45) is 15.8. The van der Waals surface area contributed by atoms with Gasteiger partial charge in [-0.3, -0.25) is 0 Å². The average Bonchev–Trinajstić information content (AvgIpc) is 2.72. The van der Waals surface area contributed by atoms with Crippen LogP contribution < -0.4 is 5.73 Å². The monoisotopic (exact) mass is 515 g/mol. The Morgan fingerprint density at radius 1 is 0.742 bits per heavy atom. The number of rotatable bonds is 20. The first kappa shape index (κ1) is 31.3. The van der Waals surface area contributed by atoms with Crippen LogP contribution in [-0.2, 0) is 0 Å². The van der Waals surface area contributed by atoms with Crippen LogP contribution in [0.2, 0.25) is 6.04 Å². The fraction of sp³-hybridized carbons (Fsp3) is 0.957. The molecule has 0 aromatic rings. The lowest BCUT2D eigenvalue weighted by molar-refractivity contribution is 0.130. The Balaban J connectivity index is 4.84. The summed E-state index contributed by atoms with van der Waals surface area (Å²) in [5.41, 5.74) is 6.32. The molecule has 0 heterocycles. The van der Waals surface area contributed by atoms with Crippen LogP contribution in [0.5, 0.6) is 0 Å². The molecule has 0 fully saturated rings. The number of nitrogens with two attached hydrogens (primary N) is 1. The first-order valence-electron chi connectivity index (χ1n) is 12.6. The highest BCUT2D eigenvalue weighted by atomic mass is 35.8. The minimum Gasteiger partial charge on any atom is -0.325 e. The van der Waals surface area contributed by atoms with Gasteiger partial charge in [0.1, 0.15) is 0 Å². The third-order valence-corrected chi connectivity index (χ3v) is 8.38. The van der Waals surface area contributed by atoms with Crippen molar-refractivity contribution in [3.63, 3.8) is 0 Å². The average molecular weight is 517 g/mol. The first-order valence-corrected chi connectivity index (χ1v) is 17.9. The lowest BCUT2D eigenvalue weighted by Crippen LogP contribution is -2.52. The summed E-state index contributed by atoms with van der Waals surface area (Å²) in [6.45, 7) is 8.66. The normalized spacial score (nSPS) is 12.7. The summed E-state index contributed by atoms with van der Waals surface area (Å²) in [7, 11) is 0. The molecule has 0 saturated carbocycles. The summed E-state index contributed by atoms with van der Waals surface area (Å²) < 4.78 is 0. The Labute approximate surface area is 207 Å². The summed E-state index contributed by atoms with van der Waals surface area (Å²) in [6, 6.07) is -2.07. The Morgan fingerprint density at radius 2 is 1.19 bits per heavy atom. The fourth-order valence-electron chi connectivity index (χ4n) is 3.72. The van der Waals surface area contributed by atoms with E-state index in [0.717, 1.165) is 32.4 Å². The lowest BCUT2D eigenvalue weighted by atomic mass is 10.1. The molecule has 0 aromatic carbocycles. The number of urea groups is 1. The van der Waals surface area contributed by atoms with Crippen LogP contribution in [0.25, 0.3) is 0 Å². The van der Waals surface area contributed by atoms with Crippen LogP contribution in [-0.4, -0.2) is 47.6 Å². The second-order valence-electron chi connectivity index (χ2n) is 8.69. The number of halogens is 3. The van der Waals surface area contributed by atoms with Gasteiger partial charge in [0.05, 0.1) is 6.17 Å². The number of amides is 2. The molecule has 0 aliphatic carbocycles. The molecule has 1 atom stereocenters. The first-order chi connectivity index (χ1) is 14.8. The van der Waals surface area contributed by atoms with Crippen molar-refractivity contribution >= 4 is 45.3 Å². The fourth-order valence-corrected chi connectivity index (χ4v) is 5.49. The van der Waals surface area contributed by atoms with E-state index in [0.29, 0.717) is 19.0 Å². The summed E-state index contributed by atoms with van der Waals surface area (Å²) in [4.78, 5) is 17.3. The maximum Gasteiger partial charge on any atom is 0.341 e. The Hall–Kier alpha value is 0.317. The highest BCUT2D eigenvalue weighted by Crippen LogP contribution is 2.26. The van der Waals surface area contributed by atoms with Gasteiger partial charge in [0, 0.05) is 19.6 Å². The van der Waals surface area contributed by atoms with Gasteiger partial charge in [-0.2, -0.15) is 0 Å². The van der Waals surface area contributed by atoms with Crippen molar-refractivity contribution in [2.45, 2.75) is 123 Å². The number of carbonyl (C=O) groups excluding carboxylic acids is 1. The van der Waals surface area contributed by atoms with Crippen molar-refractivity contribution < 1.29 is 4.79 Å². The molecule has 0 saturated heterocycles. The number of carbonyl (C=O) groups is 1. The standard InChI is InChI=1S/C23H48Cl3N3OSi/c1-4-7-9-11-13-15-18-28(19-16-14-12-10-8-5-2)23(30)29(22(27)6-3)20-17-21-31(24,25)26/h22H,4-21,27H2,1-3H3. The summed E-state index contributed by atoms with van der Waals surface area (Å²) >= 11 is 18.1. The number of hydrogen-bond donors (Lipinski definition) is 1. The molecule has 2 amide bonds. The van der Waals surface area contributed by atoms with Crippen molar-refractivity contribution in [2.24, 2.45) is 5.73 Å². The second kappa shape index (κ2) is 19.8. The molecule has 0 aromatic heterocycles. The van der Waals surface area contributed by atoms with E-state index in [2.05, 4.69) is 13.8 Å². The molecule has 0 spiro atoms. The van der Waals surface area contributed by atoms with Gasteiger partial charge in [-0.05, 0) is 31.7 Å². The van der Waals surface area contributed by atoms with Gasteiger partial charge in [0.2, 0.25) is 0 Å². The molecule has 0 rings (SSSR count). The van der Waals surface area contributed by atoms with E-state index in [-0.39, 0.29) is 12.2 Å². The van der Waals surface area contributed by atoms with Gasteiger partial charge in [0.15, 0.2) is 0 Å². The SMILES string of the molecule is CCCCCCCCN(CCCCCCCC)C(=O)N(CCC[Si](Cl)(Cl)Cl)C(N)CC. The largest absolute Gasteiger partial charge is 0.341 e. The molecule has 186 valence electrons. The van der Waals surface area contributed by atoms with Crippen molar-refractivity contribution in [3.05, 3.63) is 0 Å². The topological polar surface area (TPSA) is 49.6 Å². The van der Waals surface area contributed by atoms with E-state index in [1.165, 1.54) is 64.2 Å². The van der Waals surface area contributed by atoms with E-state index in [4.69, 9.17) is 39.0 Å². The van der Waals surface area contributed by atoms with Crippen molar-refractivity contribution in [3.8, 4) is 0 Å². The molecule has 0 bridgehead atoms. The van der Waals surface area contributed by atoms with E-state index in [1.54, 1.807) is 4.90 Å². The van der Waals surface area contributed by atoms with Crippen molar-refractivity contribution in [2.75, 3.05) is 19.6 Å². The highest BCUT2D eigenvalue weighted by Gasteiger charge is 2.28. The lowest BCUT2D eigenvalue weighted by Gasteiger charge is -2.34. The Kier molecular flexibility index (Phi) is 20.0. The van der Waals surface area contributed by atoms with E-state index >= 15 is 0 Å². The number of unbranched alkanes of at least 4 members (excludes halogenated alkanes) is 10. The highest BCUT2D eigenvalue weighted by molar-refractivity contribution is 7.64. The smallest absolute Gasteiger partial charge is 0.325 e. The summed E-state index contributed by atoms with van der Waals surface area (Å²) in [5, 5.41) is 0. The molecular weight excluding hydrogens is 469 g/mol. The van der Waals surface area contributed by atoms with Gasteiger partial charge in [0.25, 0.3) is 0 Å². The number of nitrogens with zero attached hydrogens (tertiary/aromatic N) is 2. The predicted octanol–water partition coefficient (Wildman–Crippen LogP) is 8.17. The van der Waals surface area contributed by atoms with Gasteiger partial charge in [-0.25, -0.2) is 4.79 Å². The van der Waals surface area contributed by atoms with Crippen molar-refractivity contribution in [1.29, 1.82) is 0 Å². The zero-order valence-corrected chi connectivity index (χ0v) is 23.6. The summed E-state index contributed by atoms with van der Waals surface area (Å²) in [5.74, 6) is 0. The molecule has 31 heavy (non-hydrogen) atoms. The molecular formula is C23H48Cl3N3OSi. The molecule has 0 aliphatic heterocycles. The van der Waals surface area contributed by atoms with E-state index in [1.807, 2.05) is 11.8 Å². The van der Waals surface area contributed by atoms with Crippen molar-refractivity contribution in [1.82, 2.24) is 9.80 Å². The minimum absolute atomic E-state index is 0.0578. The van der Waals surface area contributed by atoms with Gasteiger partial charge >= 0.3 is 12.0 Å². The molecule has 4 nitrogen and oxygen atoms in total. The van der Waals surface area contributed by atoms with Crippen LogP contribution in [0.3, 0.4) is 0 Å². The zero-order chi connectivity index (χ0) is 23.5. The van der Waals surface area contributed by atoms with Crippen LogP contribution in [0.1, 0.15) is 111 Å². The van der Waals surface area contributed by atoms with Crippen LogP contribution in [0.15, 0.2) is 0 Å². The van der Waals surface area contributed by atoms with E-state index < -0.39 is 6.00 Å². The van der Waals surface area contributed by atoms with Gasteiger partial charge in [-0.15, -0.1) is 33.2 Å². The number of hydrogen-bond acceptors (Lipinski definition) is 2. The Morgan fingerprint density at radius 3 is 1.61 bits per heavy atom. The Bertz CT molecular complexity index is 423. The quantitative estimate of drug-likeness (QED) is 0.0767. The second-order valence-corrected chi connectivity index (χ2v) is 18.0. The van der Waals surface area contributed by atoms with Crippen LogP contribution >= 0.6 is 33.2 Å². The van der Waals surface area contributed by atoms with Gasteiger partial charge in [-0.1, -0.05) is 85.0 Å². The maximum absolute atomic E-state index is 13.4. The predicted molar refractivity (Wildman–Crippen MR) is 141 cm³/mol. The third kappa shape index (κ3) is 17.5. The molecule has 2 N–H and O–H groups in total. The molecule has 0 aliphatic rings. The third-order valence-electron chi connectivity index (χ3n) is 5.76. The maximum atomic E-state index is 13.4. The molecule has 1 unspecified atom stereocenters. The van der Waals surface area contributed by atoms with Crippen LogP contribution in [0, 0.1) is 0 Å². The molecule has 0 radical (unpaired) electrons. The minimum atomic E-state index is -2.68. The molecule has 8 heteroatoms. The zero-order valence-electron chi connectivity index (χ0n) is 20.3.